The van der Waals surface area contributed by atoms with Crippen LogP contribution in [0.2, 0.25) is 0 Å². The zero-order chi connectivity index (χ0) is 21.3. The van der Waals surface area contributed by atoms with E-state index >= 15 is 0 Å². The van der Waals surface area contributed by atoms with Crippen molar-refractivity contribution in [3.63, 3.8) is 0 Å². The first-order valence-electron chi connectivity index (χ1n) is 9.45. The van der Waals surface area contributed by atoms with Gasteiger partial charge < -0.3 is 15.0 Å². The van der Waals surface area contributed by atoms with E-state index in [-0.39, 0.29) is 17.0 Å². The smallest absolute Gasteiger partial charge is 0.339 e. The van der Waals surface area contributed by atoms with Gasteiger partial charge in [0.25, 0.3) is 11.8 Å². The van der Waals surface area contributed by atoms with Crippen LogP contribution in [0.1, 0.15) is 26.3 Å². The molecule has 0 aliphatic rings. The lowest BCUT2D eigenvalue weighted by Crippen LogP contribution is -2.28. The number of hydrogen-bond donors (Lipinski definition) is 1. The van der Waals surface area contributed by atoms with Crippen LogP contribution >= 0.6 is 0 Å². The summed E-state index contributed by atoms with van der Waals surface area (Å²) < 4.78 is 5.13. The Morgan fingerprint density at radius 3 is 2.03 bits per heavy atom. The van der Waals surface area contributed by atoms with Crippen molar-refractivity contribution in [2.75, 3.05) is 19.0 Å². The molecular weight excluding hydrogens is 380 g/mol. The van der Waals surface area contributed by atoms with Crippen molar-refractivity contribution < 1.29 is 19.1 Å². The minimum absolute atomic E-state index is 0.120. The normalized spacial score (nSPS) is 10.2. The molecule has 0 saturated carbocycles. The highest BCUT2D eigenvalue weighted by Crippen LogP contribution is 2.15. The fraction of sp³-hybridized carbons (Fsp3) is 0.125. The number of para-hydroxylation sites is 1. The van der Waals surface area contributed by atoms with E-state index in [1.54, 1.807) is 49.5 Å². The van der Waals surface area contributed by atoms with E-state index in [0.717, 1.165) is 5.56 Å². The van der Waals surface area contributed by atoms with Crippen molar-refractivity contribution in [1.82, 2.24) is 4.90 Å². The number of esters is 1. The second kappa shape index (κ2) is 10.0. The Morgan fingerprint density at radius 2 is 1.37 bits per heavy atom. The van der Waals surface area contributed by atoms with Gasteiger partial charge in [0.2, 0.25) is 0 Å². The van der Waals surface area contributed by atoms with Crippen LogP contribution in [0.25, 0.3) is 0 Å². The number of anilines is 1. The molecule has 2 amide bonds. The minimum atomic E-state index is -0.727. The maximum atomic E-state index is 12.9. The van der Waals surface area contributed by atoms with E-state index in [2.05, 4.69) is 5.32 Å². The van der Waals surface area contributed by atoms with Crippen LogP contribution in [0.5, 0.6) is 0 Å². The quantitative estimate of drug-likeness (QED) is 0.611. The fourth-order valence-electron chi connectivity index (χ4n) is 2.91. The Hall–Kier alpha value is -3.93. The Morgan fingerprint density at radius 1 is 0.800 bits per heavy atom. The molecule has 0 aromatic heterocycles. The van der Waals surface area contributed by atoms with Crippen LogP contribution in [0.3, 0.4) is 0 Å². The molecule has 3 aromatic rings. The number of carbonyl (C=O) groups is 3. The average molecular weight is 402 g/mol. The van der Waals surface area contributed by atoms with Gasteiger partial charge in [-0.05, 0) is 29.8 Å². The number of carbonyl (C=O) groups excluding carboxylic acids is 3. The Labute approximate surface area is 175 Å². The summed E-state index contributed by atoms with van der Waals surface area (Å²) in [5.74, 6) is -1.49. The van der Waals surface area contributed by atoms with Crippen LogP contribution in [0, 0.1) is 0 Å². The molecule has 0 heterocycles. The van der Waals surface area contributed by atoms with Gasteiger partial charge in [-0.1, -0.05) is 60.7 Å². The predicted molar refractivity (Wildman–Crippen MR) is 114 cm³/mol. The number of ether oxygens (including phenoxy) is 1. The summed E-state index contributed by atoms with van der Waals surface area (Å²) in [7, 11) is 1.67. The van der Waals surface area contributed by atoms with Gasteiger partial charge >= 0.3 is 5.97 Å². The Balaban J connectivity index is 1.64. The first-order chi connectivity index (χ1) is 14.5. The second-order valence-electron chi connectivity index (χ2n) is 6.68. The van der Waals surface area contributed by atoms with E-state index in [1.165, 1.54) is 11.0 Å². The molecule has 0 aliphatic heterocycles. The molecule has 3 aromatic carbocycles. The molecule has 0 radical (unpaired) electrons. The monoisotopic (exact) mass is 402 g/mol. The number of nitrogens with one attached hydrogen (secondary N) is 1. The zero-order valence-corrected chi connectivity index (χ0v) is 16.6. The first kappa shape index (κ1) is 20.8. The highest BCUT2D eigenvalue weighted by atomic mass is 16.5. The number of amides is 2. The maximum Gasteiger partial charge on any atom is 0.339 e. The van der Waals surface area contributed by atoms with Crippen molar-refractivity contribution >= 4 is 23.5 Å². The van der Waals surface area contributed by atoms with E-state index in [9.17, 15) is 14.4 Å². The second-order valence-corrected chi connectivity index (χ2v) is 6.68. The highest BCUT2D eigenvalue weighted by Gasteiger charge is 2.21. The molecule has 0 unspecified atom stereocenters. The number of rotatable bonds is 7. The SMILES string of the molecule is CN(Cc1ccccc1)C(=O)c1ccccc1C(=O)OCC(=O)Nc1ccccc1. The van der Waals surface area contributed by atoms with Gasteiger partial charge in [0, 0.05) is 19.3 Å². The molecule has 0 fully saturated rings. The molecule has 0 bridgehead atoms. The third-order valence-electron chi connectivity index (χ3n) is 4.38. The third kappa shape index (κ3) is 5.54. The number of benzene rings is 3. The molecule has 6 heteroatoms. The molecule has 0 atom stereocenters. The van der Waals surface area contributed by atoms with Crippen molar-refractivity contribution in [3.8, 4) is 0 Å². The summed E-state index contributed by atoms with van der Waals surface area (Å²) in [6, 6.07) is 24.9. The molecule has 0 aliphatic carbocycles. The summed E-state index contributed by atoms with van der Waals surface area (Å²) in [5, 5.41) is 2.64. The van der Waals surface area contributed by atoms with Crippen LogP contribution in [0.15, 0.2) is 84.9 Å². The molecule has 3 rings (SSSR count). The summed E-state index contributed by atoms with van der Waals surface area (Å²) in [6.07, 6.45) is 0. The van der Waals surface area contributed by atoms with Gasteiger partial charge in [0.15, 0.2) is 6.61 Å². The molecule has 0 spiro atoms. The van der Waals surface area contributed by atoms with Crippen molar-refractivity contribution in [3.05, 3.63) is 102 Å². The highest BCUT2D eigenvalue weighted by molar-refractivity contribution is 6.05. The third-order valence-corrected chi connectivity index (χ3v) is 4.38. The van der Waals surface area contributed by atoms with E-state index < -0.39 is 18.5 Å². The molecular formula is C24H22N2O4. The topological polar surface area (TPSA) is 75.7 Å². The maximum absolute atomic E-state index is 12.9. The first-order valence-corrected chi connectivity index (χ1v) is 9.45. The molecule has 6 nitrogen and oxygen atoms in total. The van der Waals surface area contributed by atoms with E-state index in [0.29, 0.717) is 12.2 Å². The summed E-state index contributed by atoms with van der Waals surface area (Å²) in [6.45, 7) is -0.0430. The van der Waals surface area contributed by atoms with Crippen LogP contribution < -0.4 is 5.32 Å². The average Bonchev–Trinajstić information content (AvgIpc) is 2.78. The van der Waals surface area contributed by atoms with Crippen molar-refractivity contribution in [1.29, 1.82) is 0 Å². The standard InChI is InChI=1S/C24H22N2O4/c1-26(16-18-10-4-2-5-11-18)23(28)20-14-8-9-15-21(20)24(29)30-17-22(27)25-19-12-6-3-7-13-19/h2-15H,16-17H2,1H3,(H,25,27). The summed E-state index contributed by atoms with van der Waals surface area (Å²) >= 11 is 0. The van der Waals surface area contributed by atoms with Crippen LogP contribution in [-0.4, -0.2) is 36.3 Å². The molecule has 1 N–H and O–H groups in total. The van der Waals surface area contributed by atoms with Crippen LogP contribution in [-0.2, 0) is 16.1 Å². The summed E-state index contributed by atoms with van der Waals surface area (Å²) in [5.41, 5.74) is 1.93. The van der Waals surface area contributed by atoms with Gasteiger partial charge in [-0.3, -0.25) is 9.59 Å². The van der Waals surface area contributed by atoms with Gasteiger partial charge in [0.1, 0.15) is 0 Å². The molecule has 30 heavy (non-hydrogen) atoms. The van der Waals surface area contributed by atoms with E-state index in [4.69, 9.17) is 4.74 Å². The van der Waals surface area contributed by atoms with Crippen molar-refractivity contribution in [2.45, 2.75) is 6.54 Å². The minimum Gasteiger partial charge on any atom is -0.452 e. The van der Waals surface area contributed by atoms with Gasteiger partial charge in [-0.15, -0.1) is 0 Å². The van der Waals surface area contributed by atoms with E-state index in [1.807, 2.05) is 36.4 Å². The number of nitrogens with zero attached hydrogens (tertiary/aromatic N) is 1. The van der Waals surface area contributed by atoms with Gasteiger partial charge in [-0.25, -0.2) is 4.79 Å². The zero-order valence-electron chi connectivity index (χ0n) is 16.6. The van der Waals surface area contributed by atoms with Crippen molar-refractivity contribution in [2.24, 2.45) is 0 Å². The lowest BCUT2D eigenvalue weighted by molar-refractivity contribution is -0.119. The Kier molecular flexibility index (Phi) is 6.95. The number of hydrogen-bond acceptors (Lipinski definition) is 4. The van der Waals surface area contributed by atoms with Gasteiger partial charge in [0.05, 0.1) is 11.1 Å². The lowest BCUT2D eigenvalue weighted by atomic mass is 10.1. The predicted octanol–water partition coefficient (Wildman–Crippen LogP) is 3.75. The largest absolute Gasteiger partial charge is 0.452 e. The van der Waals surface area contributed by atoms with Crippen LogP contribution in [0.4, 0.5) is 5.69 Å². The van der Waals surface area contributed by atoms with Gasteiger partial charge in [-0.2, -0.15) is 0 Å². The fourth-order valence-corrected chi connectivity index (χ4v) is 2.91. The molecule has 152 valence electrons. The summed E-state index contributed by atoms with van der Waals surface area (Å²) in [4.78, 5) is 39.0. The lowest BCUT2D eigenvalue weighted by Gasteiger charge is -2.19. The molecule has 0 saturated heterocycles. The Bertz CT molecular complexity index is 1020.